The molecule has 2 aromatic carbocycles. The van der Waals surface area contributed by atoms with Gasteiger partial charge in [-0.2, -0.15) is 0 Å². The molecule has 17 heavy (non-hydrogen) atoms. The molecular weight excluding hydrogens is 220 g/mol. The van der Waals surface area contributed by atoms with Gasteiger partial charge in [0.25, 0.3) is 0 Å². The molecule has 0 amide bonds. The fourth-order valence-corrected chi connectivity index (χ4v) is 1.78. The third-order valence-electron chi connectivity index (χ3n) is 2.60. The number of carboxylic acids is 1. The maximum atomic E-state index is 11.0. The van der Waals surface area contributed by atoms with E-state index in [1.807, 2.05) is 6.07 Å². The zero-order valence-corrected chi connectivity index (χ0v) is 9.52. The first-order valence-electron chi connectivity index (χ1n) is 5.03. The number of methoxy groups -OCH3 is 2. The van der Waals surface area contributed by atoms with Gasteiger partial charge in [0.2, 0.25) is 0 Å². The van der Waals surface area contributed by atoms with Crippen molar-refractivity contribution in [2.24, 2.45) is 0 Å². The van der Waals surface area contributed by atoms with Crippen LogP contribution in [0.3, 0.4) is 0 Å². The van der Waals surface area contributed by atoms with Crippen molar-refractivity contribution in [1.82, 2.24) is 0 Å². The predicted octanol–water partition coefficient (Wildman–Crippen LogP) is 1.22. The van der Waals surface area contributed by atoms with Gasteiger partial charge >= 0.3 is 0 Å². The summed E-state index contributed by atoms with van der Waals surface area (Å²) in [6.07, 6.45) is 0. The second kappa shape index (κ2) is 4.33. The number of carbonyl (C=O) groups excluding carboxylic acids is 1. The van der Waals surface area contributed by atoms with Crippen molar-refractivity contribution >= 4 is 16.7 Å². The molecule has 0 spiro atoms. The molecule has 0 aromatic heterocycles. The standard InChI is InChI=1S/C13H12O4/c1-16-11-5-3-4-8-6-10(13(14)15)12(17-2)7-9(8)11/h3-7H,1-2H3,(H,14,15)/p-1. The van der Waals surface area contributed by atoms with Gasteiger partial charge in [0.05, 0.1) is 20.2 Å². The Kier molecular flexibility index (Phi) is 2.87. The van der Waals surface area contributed by atoms with Crippen molar-refractivity contribution in [2.75, 3.05) is 14.2 Å². The summed E-state index contributed by atoms with van der Waals surface area (Å²) >= 11 is 0. The lowest BCUT2D eigenvalue weighted by molar-refractivity contribution is -0.255. The highest BCUT2D eigenvalue weighted by molar-refractivity contribution is 5.98. The largest absolute Gasteiger partial charge is 0.545 e. The summed E-state index contributed by atoms with van der Waals surface area (Å²) in [6.45, 7) is 0. The molecule has 88 valence electrons. The van der Waals surface area contributed by atoms with Crippen molar-refractivity contribution in [3.8, 4) is 11.5 Å². The first-order valence-corrected chi connectivity index (χ1v) is 5.03. The zero-order valence-electron chi connectivity index (χ0n) is 9.52. The van der Waals surface area contributed by atoms with Gasteiger partial charge in [-0.25, -0.2) is 0 Å². The Bertz CT molecular complexity index is 575. The van der Waals surface area contributed by atoms with Crippen molar-refractivity contribution in [3.63, 3.8) is 0 Å². The molecule has 4 nitrogen and oxygen atoms in total. The SMILES string of the molecule is COc1cc2c(OC)cccc2cc1C(=O)[O-]. The van der Waals surface area contributed by atoms with E-state index < -0.39 is 5.97 Å². The number of fused-ring (bicyclic) bond motifs is 1. The van der Waals surface area contributed by atoms with Gasteiger partial charge in [0.15, 0.2) is 0 Å². The van der Waals surface area contributed by atoms with E-state index in [0.29, 0.717) is 5.75 Å². The quantitative estimate of drug-likeness (QED) is 0.797. The molecule has 0 saturated heterocycles. The number of benzene rings is 2. The molecule has 0 atom stereocenters. The van der Waals surface area contributed by atoms with Crippen LogP contribution in [0.25, 0.3) is 10.8 Å². The minimum atomic E-state index is -1.26. The third-order valence-corrected chi connectivity index (χ3v) is 2.60. The van der Waals surface area contributed by atoms with Gasteiger partial charge in [-0.05, 0) is 23.6 Å². The van der Waals surface area contributed by atoms with E-state index in [-0.39, 0.29) is 11.3 Å². The number of ether oxygens (including phenoxy) is 2. The number of aromatic carboxylic acids is 1. The topological polar surface area (TPSA) is 58.6 Å². The average Bonchev–Trinajstić information content (AvgIpc) is 2.36. The summed E-state index contributed by atoms with van der Waals surface area (Å²) in [7, 11) is 2.98. The van der Waals surface area contributed by atoms with Crippen LogP contribution >= 0.6 is 0 Å². The molecule has 0 aliphatic heterocycles. The Hall–Kier alpha value is -2.23. The average molecular weight is 231 g/mol. The fourth-order valence-electron chi connectivity index (χ4n) is 1.78. The molecular formula is C13H11O4-. The summed E-state index contributed by atoms with van der Waals surface area (Å²) in [5.74, 6) is -0.320. The molecule has 4 heteroatoms. The van der Waals surface area contributed by atoms with E-state index in [4.69, 9.17) is 9.47 Å². The lowest BCUT2D eigenvalue weighted by Gasteiger charge is -2.12. The van der Waals surface area contributed by atoms with E-state index in [0.717, 1.165) is 10.8 Å². The minimum Gasteiger partial charge on any atom is -0.545 e. The first-order chi connectivity index (χ1) is 8.17. The Morgan fingerprint density at radius 2 is 1.82 bits per heavy atom. The fraction of sp³-hybridized carbons (Fsp3) is 0.154. The van der Waals surface area contributed by atoms with Crippen molar-refractivity contribution in [3.05, 3.63) is 35.9 Å². The van der Waals surface area contributed by atoms with Crippen LogP contribution in [0.4, 0.5) is 0 Å². The maximum Gasteiger partial charge on any atom is 0.128 e. The second-order valence-electron chi connectivity index (χ2n) is 3.52. The van der Waals surface area contributed by atoms with Crippen LogP contribution in [-0.4, -0.2) is 20.2 Å². The van der Waals surface area contributed by atoms with Crippen molar-refractivity contribution in [1.29, 1.82) is 0 Å². The molecule has 0 fully saturated rings. The lowest BCUT2D eigenvalue weighted by atomic mass is 10.0. The molecule has 0 heterocycles. The molecule has 2 rings (SSSR count). The van der Waals surface area contributed by atoms with Gasteiger partial charge in [0, 0.05) is 10.9 Å². The van der Waals surface area contributed by atoms with Gasteiger partial charge in [0.1, 0.15) is 11.5 Å². The minimum absolute atomic E-state index is 0.0354. The lowest BCUT2D eigenvalue weighted by Crippen LogP contribution is -2.22. The molecule has 0 bridgehead atoms. The Morgan fingerprint density at radius 3 is 2.41 bits per heavy atom. The Morgan fingerprint density at radius 1 is 1.12 bits per heavy atom. The van der Waals surface area contributed by atoms with Gasteiger partial charge in [-0.3, -0.25) is 0 Å². The molecule has 0 unspecified atom stereocenters. The van der Waals surface area contributed by atoms with Crippen LogP contribution in [0.2, 0.25) is 0 Å². The summed E-state index contributed by atoms with van der Waals surface area (Å²) in [4.78, 5) is 11.0. The van der Waals surface area contributed by atoms with E-state index in [1.54, 1.807) is 25.3 Å². The number of hydrogen-bond donors (Lipinski definition) is 0. The summed E-state index contributed by atoms with van der Waals surface area (Å²) in [6, 6.07) is 8.57. The molecule has 0 radical (unpaired) electrons. The number of carboxylic acid groups (broad SMARTS) is 1. The molecule has 0 aliphatic carbocycles. The van der Waals surface area contributed by atoms with E-state index >= 15 is 0 Å². The molecule has 0 N–H and O–H groups in total. The maximum absolute atomic E-state index is 11.0. The van der Waals surface area contributed by atoms with E-state index in [9.17, 15) is 9.90 Å². The van der Waals surface area contributed by atoms with Crippen LogP contribution in [0.15, 0.2) is 30.3 Å². The van der Waals surface area contributed by atoms with Gasteiger partial charge < -0.3 is 19.4 Å². The second-order valence-corrected chi connectivity index (χ2v) is 3.52. The summed E-state index contributed by atoms with van der Waals surface area (Å²) in [5.41, 5.74) is 0.0354. The first kappa shape index (κ1) is 11.3. The predicted molar refractivity (Wildman–Crippen MR) is 61.4 cm³/mol. The number of hydrogen-bond acceptors (Lipinski definition) is 4. The molecule has 2 aromatic rings. The van der Waals surface area contributed by atoms with Gasteiger partial charge in [-0.15, -0.1) is 0 Å². The zero-order chi connectivity index (χ0) is 12.4. The highest BCUT2D eigenvalue weighted by atomic mass is 16.5. The van der Waals surface area contributed by atoms with Crippen LogP contribution in [0, 0.1) is 0 Å². The smallest absolute Gasteiger partial charge is 0.128 e. The Balaban J connectivity index is 2.78. The monoisotopic (exact) mass is 231 g/mol. The summed E-state index contributed by atoms with van der Waals surface area (Å²) in [5, 5.41) is 12.5. The van der Waals surface area contributed by atoms with Crippen molar-refractivity contribution < 1.29 is 19.4 Å². The van der Waals surface area contributed by atoms with Crippen molar-refractivity contribution in [2.45, 2.75) is 0 Å². The molecule has 0 aliphatic rings. The third kappa shape index (κ3) is 1.89. The van der Waals surface area contributed by atoms with Crippen LogP contribution < -0.4 is 14.6 Å². The van der Waals surface area contributed by atoms with Gasteiger partial charge in [-0.1, -0.05) is 12.1 Å². The number of carbonyl (C=O) groups is 1. The molecule has 0 saturated carbocycles. The van der Waals surface area contributed by atoms with E-state index in [1.165, 1.54) is 13.2 Å². The highest BCUT2D eigenvalue weighted by Crippen LogP contribution is 2.31. The van der Waals surface area contributed by atoms with Crippen LogP contribution in [-0.2, 0) is 0 Å². The Labute approximate surface area is 98.4 Å². The van der Waals surface area contributed by atoms with E-state index in [2.05, 4.69) is 0 Å². The van der Waals surface area contributed by atoms with Crippen LogP contribution in [0.1, 0.15) is 10.4 Å². The van der Waals surface area contributed by atoms with Crippen LogP contribution in [0.5, 0.6) is 11.5 Å². The summed E-state index contributed by atoms with van der Waals surface area (Å²) < 4.78 is 10.2. The normalized spacial score (nSPS) is 10.2. The number of rotatable bonds is 3. The highest BCUT2D eigenvalue weighted by Gasteiger charge is 2.09.